The van der Waals surface area contributed by atoms with Gasteiger partial charge >= 0.3 is 0 Å². The van der Waals surface area contributed by atoms with E-state index < -0.39 is 5.67 Å². The fraction of sp³-hybridized carbons (Fsp3) is 0.308. The molecule has 90 valence electrons. The Hall–Kier alpha value is -1.84. The third-order valence-electron chi connectivity index (χ3n) is 2.84. The summed E-state index contributed by atoms with van der Waals surface area (Å²) in [5.74, 6) is 0.582. The molecule has 0 atom stereocenters. The summed E-state index contributed by atoms with van der Waals surface area (Å²) in [5, 5.41) is 4.08. The van der Waals surface area contributed by atoms with Crippen molar-refractivity contribution >= 4 is 5.82 Å². The van der Waals surface area contributed by atoms with Gasteiger partial charge in [0, 0.05) is 12.6 Å². The van der Waals surface area contributed by atoms with Crippen LogP contribution in [-0.4, -0.2) is 9.78 Å². The van der Waals surface area contributed by atoms with Gasteiger partial charge in [-0.2, -0.15) is 5.10 Å². The Labute approximate surface area is 100 Å². The molecule has 0 aliphatic rings. The van der Waals surface area contributed by atoms with Gasteiger partial charge in [-0.1, -0.05) is 18.2 Å². The van der Waals surface area contributed by atoms with E-state index in [9.17, 15) is 4.39 Å². The molecule has 0 amide bonds. The second-order valence-corrected chi connectivity index (χ2v) is 4.62. The van der Waals surface area contributed by atoms with E-state index >= 15 is 0 Å². The summed E-state index contributed by atoms with van der Waals surface area (Å²) in [6, 6.07) is 7.32. The van der Waals surface area contributed by atoms with Crippen LogP contribution in [0.4, 0.5) is 10.2 Å². The number of nitrogens with two attached hydrogens (primary N) is 1. The maximum Gasteiger partial charge on any atom is 0.130 e. The minimum atomic E-state index is -1.35. The summed E-state index contributed by atoms with van der Waals surface area (Å²) < 4.78 is 15.5. The van der Waals surface area contributed by atoms with Crippen molar-refractivity contribution in [1.82, 2.24) is 9.78 Å². The van der Waals surface area contributed by atoms with Gasteiger partial charge in [-0.15, -0.1) is 0 Å². The lowest BCUT2D eigenvalue weighted by Gasteiger charge is -2.15. The number of nitrogens with zero attached hydrogens (tertiary/aromatic N) is 2. The van der Waals surface area contributed by atoms with E-state index in [2.05, 4.69) is 5.10 Å². The van der Waals surface area contributed by atoms with E-state index in [0.717, 1.165) is 11.1 Å². The fourth-order valence-electron chi connectivity index (χ4n) is 1.73. The molecule has 0 bridgehead atoms. The van der Waals surface area contributed by atoms with E-state index in [1.807, 2.05) is 18.2 Å². The number of benzene rings is 1. The van der Waals surface area contributed by atoms with Crippen LogP contribution in [-0.2, 0) is 12.7 Å². The number of nitrogen functional groups attached to an aromatic ring is 1. The number of aryl methyl sites for hydroxylation is 1. The quantitative estimate of drug-likeness (QED) is 0.866. The van der Waals surface area contributed by atoms with Crippen LogP contribution in [0.3, 0.4) is 0 Å². The van der Waals surface area contributed by atoms with Gasteiger partial charge in [0.1, 0.15) is 11.5 Å². The number of halogens is 1. The molecule has 0 aliphatic carbocycles. The van der Waals surface area contributed by atoms with Gasteiger partial charge in [0.2, 0.25) is 0 Å². The second kappa shape index (κ2) is 3.87. The molecule has 17 heavy (non-hydrogen) atoms. The lowest BCUT2D eigenvalue weighted by molar-refractivity contribution is 0.221. The summed E-state index contributed by atoms with van der Waals surface area (Å²) >= 11 is 0. The lowest BCUT2D eigenvalue weighted by Crippen LogP contribution is -2.08. The molecule has 1 heterocycles. The van der Waals surface area contributed by atoms with E-state index in [1.165, 1.54) is 0 Å². The van der Waals surface area contributed by atoms with Gasteiger partial charge in [0.25, 0.3) is 0 Å². The zero-order chi connectivity index (χ0) is 12.6. The largest absolute Gasteiger partial charge is 0.383 e. The van der Waals surface area contributed by atoms with E-state index in [1.54, 1.807) is 37.8 Å². The van der Waals surface area contributed by atoms with Gasteiger partial charge in [-0.25, -0.2) is 4.39 Å². The van der Waals surface area contributed by atoms with Crippen LogP contribution in [0, 0.1) is 0 Å². The van der Waals surface area contributed by atoms with Crippen LogP contribution in [0.5, 0.6) is 0 Å². The van der Waals surface area contributed by atoms with Gasteiger partial charge < -0.3 is 5.73 Å². The van der Waals surface area contributed by atoms with Gasteiger partial charge in [-0.05, 0) is 31.0 Å². The Kier molecular flexibility index (Phi) is 2.65. The average molecular weight is 233 g/mol. The molecule has 2 rings (SSSR count). The van der Waals surface area contributed by atoms with E-state index in [-0.39, 0.29) is 0 Å². The molecule has 0 radical (unpaired) electrons. The summed E-state index contributed by atoms with van der Waals surface area (Å²) in [6.45, 7) is 3.08. The highest BCUT2D eigenvalue weighted by atomic mass is 19.1. The molecule has 1 aromatic carbocycles. The van der Waals surface area contributed by atoms with Crippen molar-refractivity contribution in [3.63, 3.8) is 0 Å². The summed E-state index contributed by atoms with van der Waals surface area (Å²) in [5.41, 5.74) is 6.90. The Morgan fingerprint density at radius 2 is 2.06 bits per heavy atom. The molecular weight excluding hydrogens is 217 g/mol. The lowest BCUT2D eigenvalue weighted by atomic mass is 9.96. The molecule has 0 unspecified atom stereocenters. The number of anilines is 1. The van der Waals surface area contributed by atoms with Crippen LogP contribution in [0.15, 0.2) is 30.5 Å². The molecule has 0 saturated carbocycles. The molecular formula is C13H16FN3. The molecule has 2 N–H and O–H groups in total. The highest BCUT2D eigenvalue weighted by molar-refractivity contribution is 5.73. The van der Waals surface area contributed by atoms with Crippen molar-refractivity contribution in [2.45, 2.75) is 19.5 Å². The summed E-state index contributed by atoms with van der Waals surface area (Å²) in [4.78, 5) is 0. The normalized spacial score (nSPS) is 11.8. The summed E-state index contributed by atoms with van der Waals surface area (Å²) in [7, 11) is 1.78. The van der Waals surface area contributed by atoms with Gasteiger partial charge in [0.05, 0.1) is 6.20 Å². The first kappa shape index (κ1) is 11.6. The van der Waals surface area contributed by atoms with Crippen LogP contribution >= 0.6 is 0 Å². The van der Waals surface area contributed by atoms with Crippen molar-refractivity contribution in [3.05, 3.63) is 36.0 Å². The Bertz CT molecular complexity index is 538. The summed E-state index contributed by atoms with van der Waals surface area (Å²) in [6.07, 6.45) is 1.69. The van der Waals surface area contributed by atoms with Crippen LogP contribution in [0.2, 0.25) is 0 Å². The third-order valence-corrected chi connectivity index (χ3v) is 2.84. The van der Waals surface area contributed by atoms with Crippen molar-refractivity contribution in [2.75, 3.05) is 5.73 Å². The maximum absolute atomic E-state index is 13.9. The predicted molar refractivity (Wildman–Crippen MR) is 67.2 cm³/mol. The molecule has 3 nitrogen and oxygen atoms in total. The zero-order valence-electron chi connectivity index (χ0n) is 10.2. The predicted octanol–water partition coefficient (Wildman–Crippen LogP) is 2.87. The first-order chi connectivity index (χ1) is 7.89. The van der Waals surface area contributed by atoms with Gasteiger partial charge in [-0.3, -0.25) is 4.68 Å². The van der Waals surface area contributed by atoms with Crippen LogP contribution < -0.4 is 5.73 Å². The third kappa shape index (κ3) is 2.16. The molecule has 4 heteroatoms. The fourth-order valence-corrected chi connectivity index (χ4v) is 1.73. The minimum absolute atomic E-state index is 0.582. The molecule has 0 fully saturated rings. The number of rotatable bonds is 2. The molecule has 0 aliphatic heterocycles. The smallest absolute Gasteiger partial charge is 0.130 e. The Morgan fingerprint density at radius 3 is 2.59 bits per heavy atom. The second-order valence-electron chi connectivity index (χ2n) is 4.62. The molecule has 1 aromatic heterocycles. The van der Waals surface area contributed by atoms with Crippen molar-refractivity contribution in [3.8, 4) is 11.1 Å². The molecule has 0 saturated heterocycles. The zero-order valence-corrected chi connectivity index (χ0v) is 10.2. The maximum atomic E-state index is 13.9. The monoisotopic (exact) mass is 233 g/mol. The van der Waals surface area contributed by atoms with Crippen molar-refractivity contribution < 1.29 is 4.39 Å². The number of aromatic nitrogens is 2. The topological polar surface area (TPSA) is 43.8 Å². The van der Waals surface area contributed by atoms with Crippen LogP contribution in [0.25, 0.3) is 11.1 Å². The Balaban J connectivity index is 2.51. The van der Waals surface area contributed by atoms with Crippen molar-refractivity contribution in [2.24, 2.45) is 7.05 Å². The van der Waals surface area contributed by atoms with E-state index in [4.69, 9.17) is 5.73 Å². The SMILES string of the molecule is Cn1ncc(-c2cccc(C(C)(C)F)c2)c1N. The average Bonchev–Trinajstić information content (AvgIpc) is 2.59. The molecule has 0 spiro atoms. The first-order valence-electron chi connectivity index (χ1n) is 5.47. The number of hydrogen-bond donors (Lipinski definition) is 1. The number of alkyl halides is 1. The standard InChI is InChI=1S/C13H16FN3/c1-13(2,14)10-6-4-5-9(7-10)11-8-16-17(3)12(11)15/h4-8H,15H2,1-3H3. The minimum Gasteiger partial charge on any atom is -0.383 e. The van der Waals surface area contributed by atoms with Crippen LogP contribution in [0.1, 0.15) is 19.4 Å². The number of hydrogen-bond acceptors (Lipinski definition) is 2. The van der Waals surface area contributed by atoms with Gasteiger partial charge in [0.15, 0.2) is 0 Å². The van der Waals surface area contributed by atoms with E-state index in [0.29, 0.717) is 11.4 Å². The highest BCUT2D eigenvalue weighted by Crippen LogP contribution is 2.30. The Morgan fingerprint density at radius 1 is 1.35 bits per heavy atom. The molecule has 2 aromatic rings. The first-order valence-corrected chi connectivity index (χ1v) is 5.47. The highest BCUT2D eigenvalue weighted by Gasteiger charge is 2.19. The van der Waals surface area contributed by atoms with Crippen molar-refractivity contribution in [1.29, 1.82) is 0 Å².